The van der Waals surface area contributed by atoms with Gasteiger partial charge in [-0.1, -0.05) is 158 Å². The third kappa shape index (κ3) is 6.55. The van der Waals surface area contributed by atoms with E-state index in [4.69, 9.17) is 16.5 Å². The van der Waals surface area contributed by atoms with Crippen molar-refractivity contribution in [2.24, 2.45) is 0 Å². The standard InChI is InChI=1S/C60H36F3N5/c1-64-58-53(67-51-26-12-9-21-45(51)47-30-28-40(36-54(47)67)42-23-14-34-65-56(42)38-16-4-2-5-17-38)33-32-49(44-20-8-11-25-50(44)60(61,62)63)59(58)68-52-27-13-10-22-46(52)48-31-29-41(37-55(48)68)43-24-15-35-66-57(43)39-18-6-3-7-19-39/h2-37H. The Hall–Kier alpha value is -9.06. The van der Waals surface area contributed by atoms with Crippen LogP contribution >= 0.6 is 0 Å². The summed E-state index contributed by atoms with van der Waals surface area (Å²) in [5, 5.41) is 3.72. The molecule has 0 atom stereocenters. The maximum Gasteiger partial charge on any atom is 0.417 e. The summed E-state index contributed by atoms with van der Waals surface area (Å²) < 4.78 is 49.7. The molecule has 322 valence electrons. The van der Waals surface area contributed by atoms with Crippen molar-refractivity contribution in [1.29, 1.82) is 0 Å². The molecule has 0 bridgehead atoms. The Morgan fingerprint density at radius 1 is 0.397 bits per heavy atom. The molecule has 0 aliphatic carbocycles. The van der Waals surface area contributed by atoms with Crippen molar-refractivity contribution < 1.29 is 13.2 Å². The molecule has 8 aromatic carbocycles. The largest absolute Gasteiger partial charge is 0.417 e. The first-order valence-electron chi connectivity index (χ1n) is 22.2. The fourth-order valence-electron chi connectivity index (χ4n) is 9.97. The van der Waals surface area contributed by atoms with E-state index in [9.17, 15) is 0 Å². The minimum absolute atomic E-state index is 0.0262. The summed E-state index contributed by atoms with van der Waals surface area (Å²) in [6, 6.07) is 65.6. The van der Waals surface area contributed by atoms with Crippen molar-refractivity contribution in [3.63, 3.8) is 0 Å². The molecule has 0 amide bonds. The summed E-state index contributed by atoms with van der Waals surface area (Å²) in [6.45, 7) is 9.16. The zero-order valence-electron chi connectivity index (χ0n) is 36.2. The SMILES string of the molecule is [C-]#[N+]c1c(-n2c3ccccc3c3ccc(-c4cccnc4-c4ccccc4)cc32)ccc(-c2ccccc2C(F)(F)F)c1-n1c2ccccc2c2ccc(-c3cccnc3-c3ccccc3)cc21. The molecule has 8 heteroatoms. The van der Waals surface area contributed by atoms with Gasteiger partial charge in [-0.2, -0.15) is 13.2 Å². The third-order valence-electron chi connectivity index (χ3n) is 12.9. The molecule has 0 aliphatic rings. The van der Waals surface area contributed by atoms with Crippen molar-refractivity contribution in [2.45, 2.75) is 6.18 Å². The highest BCUT2D eigenvalue weighted by Gasteiger charge is 2.35. The zero-order chi connectivity index (χ0) is 45.9. The summed E-state index contributed by atoms with van der Waals surface area (Å²) in [7, 11) is 0. The van der Waals surface area contributed by atoms with E-state index in [-0.39, 0.29) is 16.8 Å². The lowest BCUT2D eigenvalue weighted by molar-refractivity contribution is -0.137. The van der Waals surface area contributed by atoms with E-state index in [0.717, 1.165) is 94.4 Å². The summed E-state index contributed by atoms with van der Waals surface area (Å²) >= 11 is 0. The molecule has 0 spiro atoms. The van der Waals surface area contributed by atoms with E-state index in [2.05, 4.69) is 57.9 Å². The number of alkyl halides is 3. The topological polar surface area (TPSA) is 40.0 Å². The van der Waals surface area contributed by atoms with Gasteiger partial charge in [0.15, 0.2) is 0 Å². The van der Waals surface area contributed by atoms with Crippen LogP contribution in [0.5, 0.6) is 0 Å². The fourth-order valence-corrected chi connectivity index (χ4v) is 9.97. The average Bonchev–Trinajstić information content (AvgIpc) is 3.90. The van der Waals surface area contributed by atoms with Gasteiger partial charge in [-0.25, -0.2) is 4.85 Å². The molecule has 0 fully saturated rings. The Bertz CT molecular complexity index is 3970. The molecular weight excluding hydrogens is 848 g/mol. The van der Waals surface area contributed by atoms with Crippen molar-refractivity contribution in [2.75, 3.05) is 0 Å². The molecule has 0 unspecified atom stereocenters. The van der Waals surface area contributed by atoms with Crippen LogP contribution in [0.15, 0.2) is 219 Å². The highest BCUT2D eigenvalue weighted by molar-refractivity contribution is 6.14. The van der Waals surface area contributed by atoms with Gasteiger partial charge in [0.25, 0.3) is 0 Å². The fraction of sp³-hybridized carbons (Fsp3) is 0.0167. The van der Waals surface area contributed by atoms with Gasteiger partial charge in [-0.05, 0) is 70.8 Å². The molecule has 12 aromatic rings. The minimum Gasteiger partial charge on any atom is -0.319 e. The van der Waals surface area contributed by atoms with Gasteiger partial charge in [0.05, 0.1) is 57.0 Å². The number of hydrogen-bond acceptors (Lipinski definition) is 2. The number of para-hydroxylation sites is 2. The Balaban J connectivity index is 1.19. The maximum absolute atomic E-state index is 15.2. The Kier molecular flexibility index (Phi) is 9.59. The molecule has 5 nitrogen and oxygen atoms in total. The van der Waals surface area contributed by atoms with Crippen LogP contribution in [0.2, 0.25) is 0 Å². The number of nitrogens with zero attached hydrogens (tertiary/aromatic N) is 5. The monoisotopic (exact) mass is 883 g/mol. The molecule has 0 radical (unpaired) electrons. The predicted octanol–water partition coefficient (Wildman–Crippen LogP) is 16.6. The number of rotatable bonds is 7. The van der Waals surface area contributed by atoms with Crippen molar-refractivity contribution >= 4 is 49.3 Å². The van der Waals surface area contributed by atoms with Gasteiger partial charge in [0, 0.05) is 56.2 Å². The van der Waals surface area contributed by atoms with E-state index in [1.54, 1.807) is 30.6 Å². The average molecular weight is 884 g/mol. The molecule has 4 heterocycles. The van der Waals surface area contributed by atoms with Crippen LogP contribution in [0.25, 0.3) is 116 Å². The highest BCUT2D eigenvalue weighted by Crippen LogP contribution is 2.49. The smallest absolute Gasteiger partial charge is 0.319 e. The summed E-state index contributed by atoms with van der Waals surface area (Å²) in [4.78, 5) is 14.0. The molecule has 0 aliphatic heterocycles. The second-order valence-corrected chi connectivity index (χ2v) is 16.7. The Morgan fingerprint density at radius 3 is 1.43 bits per heavy atom. The number of aromatic nitrogens is 4. The summed E-state index contributed by atoms with van der Waals surface area (Å²) in [5.41, 5.74) is 10.9. The van der Waals surface area contributed by atoms with Crippen LogP contribution in [-0.2, 0) is 6.18 Å². The van der Waals surface area contributed by atoms with Crippen LogP contribution < -0.4 is 0 Å². The lowest BCUT2D eigenvalue weighted by Gasteiger charge is -2.22. The van der Waals surface area contributed by atoms with Gasteiger partial charge in [0.2, 0.25) is 5.69 Å². The number of fused-ring (bicyclic) bond motifs is 6. The zero-order valence-corrected chi connectivity index (χ0v) is 36.2. The van der Waals surface area contributed by atoms with Crippen molar-refractivity contribution in [1.82, 2.24) is 19.1 Å². The van der Waals surface area contributed by atoms with E-state index < -0.39 is 11.7 Å². The van der Waals surface area contributed by atoms with Crippen LogP contribution in [0, 0.1) is 6.57 Å². The maximum atomic E-state index is 15.2. The molecule has 4 aromatic heterocycles. The first kappa shape index (κ1) is 40.4. The van der Waals surface area contributed by atoms with Gasteiger partial charge >= 0.3 is 6.18 Å². The van der Waals surface area contributed by atoms with Gasteiger partial charge in [-0.15, -0.1) is 0 Å². The lowest BCUT2D eigenvalue weighted by atomic mass is 9.95. The quantitative estimate of drug-likeness (QED) is 0.150. The first-order valence-corrected chi connectivity index (χ1v) is 22.2. The van der Waals surface area contributed by atoms with E-state index in [1.807, 2.05) is 126 Å². The third-order valence-corrected chi connectivity index (χ3v) is 12.9. The second kappa shape index (κ2) is 16.1. The highest BCUT2D eigenvalue weighted by atomic mass is 19.4. The second-order valence-electron chi connectivity index (χ2n) is 16.7. The van der Waals surface area contributed by atoms with Gasteiger partial charge < -0.3 is 9.13 Å². The van der Waals surface area contributed by atoms with Crippen molar-refractivity contribution in [3.05, 3.63) is 236 Å². The molecule has 68 heavy (non-hydrogen) atoms. The van der Waals surface area contributed by atoms with Crippen molar-refractivity contribution in [3.8, 4) is 67.3 Å². The molecule has 0 saturated heterocycles. The Morgan fingerprint density at radius 2 is 0.868 bits per heavy atom. The summed E-state index contributed by atoms with van der Waals surface area (Å²) in [5.74, 6) is 0. The molecule has 0 N–H and O–H groups in total. The van der Waals surface area contributed by atoms with Crippen LogP contribution in [-0.4, -0.2) is 19.1 Å². The van der Waals surface area contributed by atoms with Gasteiger partial charge in [-0.3, -0.25) is 9.97 Å². The molecular formula is C60H36F3N5. The summed E-state index contributed by atoms with van der Waals surface area (Å²) in [6.07, 6.45) is -1.11. The normalized spacial score (nSPS) is 11.7. The minimum atomic E-state index is -4.68. The van der Waals surface area contributed by atoms with Crippen LogP contribution in [0.4, 0.5) is 18.9 Å². The lowest BCUT2D eigenvalue weighted by Crippen LogP contribution is -2.09. The van der Waals surface area contributed by atoms with Gasteiger partial charge in [0.1, 0.15) is 0 Å². The van der Waals surface area contributed by atoms with Crippen LogP contribution in [0.3, 0.4) is 0 Å². The van der Waals surface area contributed by atoms with Crippen LogP contribution in [0.1, 0.15) is 5.56 Å². The molecule has 0 saturated carbocycles. The Labute approximate surface area is 389 Å². The predicted molar refractivity (Wildman–Crippen MR) is 269 cm³/mol. The first-order chi connectivity index (χ1) is 33.4. The van der Waals surface area contributed by atoms with E-state index >= 15 is 13.2 Å². The number of halogens is 3. The van der Waals surface area contributed by atoms with E-state index in [1.165, 1.54) is 12.1 Å². The van der Waals surface area contributed by atoms with E-state index in [0.29, 0.717) is 11.4 Å². The molecule has 12 rings (SSSR count). The number of pyridine rings is 2. The number of hydrogen-bond donors (Lipinski definition) is 0. The number of benzene rings is 8.